The van der Waals surface area contributed by atoms with Gasteiger partial charge in [0.25, 0.3) is 0 Å². The molecule has 3 nitrogen and oxygen atoms in total. The second kappa shape index (κ2) is 7.12. The lowest BCUT2D eigenvalue weighted by atomic mass is 10.0. The molecule has 0 aliphatic rings. The molecule has 2 atom stereocenters. The number of benzene rings is 1. The van der Waals surface area contributed by atoms with Crippen molar-refractivity contribution in [3.63, 3.8) is 0 Å². The number of nitrogens with zero attached hydrogens (tertiary/aromatic N) is 1. The van der Waals surface area contributed by atoms with Gasteiger partial charge in [-0.15, -0.1) is 0 Å². The van der Waals surface area contributed by atoms with Crippen LogP contribution in [0.15, 0.2) is 48.7 Å². The van der Waals surface area contributed by atoms with Crippen LogP contribution < -0.4 is 5.32 Å². The molecular formula is C16H19FN2O. The molecule has 0 saturated carbocycles. The van der Waals surface area contributed by atoms with Gasteiger partial charge in [-0.2, -0.15) is 0 Å². The number of aliphatic hydroxyl groups excluding tert-OH is 1. The lowest BCUT2D eigenvalue weighted by Crippen LogP contribution is -2.32. The highest BCUT2D eigenvalue weighted by atomic mass is 19.1. The predicted octanol–water partition coefficient (Wildman–Crippen LogP) is 2.67. The third kappa shape index (κ3) is 3.85. The van der Waals surface area contributed by atoms with Crippen molar-refractivity contribution in [3.05, 3.63) is 65.7 Å². The van der Waals surface area contributed by atoms with Crippen LogP contribution in [0.5, 0.6) is 0 Å². The van der Waals surface area contributed by atoms with Crippen LogP contribution in [0, 0.1) is 5.82 Å². The predicted molar refractivity (Wildman–Crippen MR) is 76.8 cm³/mol. The zero-order valence-electron chi connectivity index (χ0n) is 11.5. The zero-order valence-corrected chi connectivity index (χ0v) is 11.5. The van der Waals surface area contributed by atoms with Crippen LogP contribution in [0.25, 0.3) is 0 Å². The van der Waals surface area contributed by atoms with Crippen molar-refractivity contribution >= 4 is 0 Å². The van der Waals surface area contributed by atoms with Gasteiger partial charge >= 0.3 is 0 Å². The van der Waals surface area contributed by atoms with E-state index >= 15 is 0 Å². The van der Waals surface area contributed by atoms with Gasteiger partial charge in [0, 0.05) is 12.6 Å². The summed E-state index contributed by atoms with van der Waals surface area (Å²) in [5, 5.41) is 12.4. The van der Waals surface area contributed by atoms with E-state index in [2.05, 4.69) is 10.3 Å². The second-order valence-corrected chi connectivity index (χ2v) is 4.82. The number of rotatable bonds is 6. The van der Waals surface area contributed by atoms with Crippen LogP contribution in [0.1, 0.15) is 30.6 Å². The van der Waals surface area contributed by atoms with E-state index in [1.54, 1.807) is 6.07 Å². The highest BCUT2D eigenvalue weighted by Gasteiger charge is 2.17. The van der Waals surface area contributed by atoms with E-state index in [9.17, 15) is 4.39 Å². The minimum Gasteiger partial charge on any atom is -0.396 e. The number of nitrogens with one attached hydrogen (secondary N) is 1. The zero-order chi connectivity index (χ0) is 14.4. The van der Waals surface area contributed by atoms with Crippen molar-refractivity contribution in [3.8, 4) is 0 Å². The standard InChI is InChI=1S/C16H19FN2O/c1-12(9-10-20)19-16(13-5-3-2-4-6-13)15-8-7-14(17)11-18-15/h2-8,11-12,16,19-20H,9-10H2,1H3/t12-,16+/m1/s1. The van der Waals surface area contributed by atoms with Crippen molar-refractivity contribution in [2.45, 2.75) is 25.4 Å². The highest BCUT2D eigenvalue weighted by Crippen LogP contribution is 2.21. The molecule has 1 aromatic carbocycles. The minimum absolute atomic E-state index is 0.113. The third-order valence-electron chi connectivity index (χ3n) is 3.19. The first-order valence-corrected chi connectivity index (χ1v) is 6.74. The molecule has 2 aromatic rings. The maximum Gasteiger partial charge on any atom is 0.141 e. The monoisotopic (exact) mass is 274 g/mol. The van der Waals surface area contributed by atoms with E-state index in [1.165, 1.54) is 12.3 Å². The molecule has 0 unspecified atom stereocenters. The molecule has 2 N–H and O–H groups in total. The van der Waals surface area contributed by atoms with Crippen molar-refractivity contribution < 1.29 is 9.50 Å². The van der Waals surface area contributed by atoms with Crippen LogP contribution in [0.4, 0.5) is 4.39 Å². The molecule has 1 heterocycles. The number of aromatic nitrogens is 1. The Morgan fingerprint density at radius 2 is 1.95 bits per heavy atom. The fourth-order valence-corrected chi connectivity index (χ4v) is 2.12. The molecule has 4 heteroatoms. The third-order valence-corrected chi connectivity index (χ3v) is 3.19. The number of hydrogen-bond donors (Lipinski definition) is 2. The Hall–Kier alpha value is -1.78. The molecular weight excluding hydrogens is 255 g/mol. The van der Waals surface area contributed by atoms with Gasteiger partial charge in [0.15, 0.2) is 0 Å². The van der Waals surface area contributed by atoms with Gasteiger partial charge in [0.2, 0.25) is 0 Å². The molecule has 1 aromatic heterocycles. The summed E-state index contributed by atoms with van der Waals surface area (Å²) in [4.78, 5) is 4.17. The first-order chi connectivity index (χ1) is 9.70. The lowest BCUT2D eigenvalue weighted by Gasteiger charge is -2.23. The smallest absolute Gasteiger partial charge is 0.141 e. The van der Waals surface area contributed by atoms with E-state index in [0.717, 1.165) is 11.3 Å². The molecule has 0 aliphatic carbocycles. The van der Waals surface area contributed by atoms with Crippen LogP contribution in [0.3, 0.4) is 0 Å². The second-order valence-electron chi connectivity index (χ2n) is 4.82. The first kappa shape index (κ1) is 14.6. The Labute approximate surface area is 118 Å². The van der Waals surface area contributed by atoms with E-state index in [-0.39, 0.29) is 24.5 Å². The average molecular weight is 274 g/mol. The summed E-state index contributed by atoms with van der Waals surface area (Å²) in [5.41, 5.74) is 1.83. The van der Waals surface area contributed by atoms with Gasteiger partial charge in [-0.05, 0) is 31.0 Å². The molecule has 0 fully saturated rings. The van der Waals surface area contributed by atoms with E-state index in [0.29, 0.717) is 6.42 Å². The number of halogens is 1. The Morgan fingerprint density at radius 1 is 1.20 bits per heavy atom. The Kier molecular flexibility index (Phi) is 5.21. The van der Waals surface area contributed by atoms with E-state index in [4.69, 9.17) is 5.11 Å². The molecule has 0 amide bonds. The highest BCUT2D eigenvalue weighted by molar-refractivity contribution is 5.27. The quantitative estimate of drug-likeness (QED) is 0.851. The molecule has 106 valence electrons. The maximum absolute atomic E-state index is 13.0. The molecule has 0 radical (unpaired) electrons. The summed E-state index contributed by atoms with van der Waals surface area (Å²) < 4.78 is 13.0. The Bertz CT molecular complexity index is 516. The summed E-state index contributed by atoms with van der Waals surface area (Å²) in [5.74, 6) is -0.344. The van der Waals surface area contributed by atoms with Gasteiger partial charge in [-0.1, -0.05) is 30.3 Å². The first-order valence-electron chi connectivity index (χ1n) is 6.74. The Morgan fingerprint density at radius 3 is 2.55 bits per heavy atom. The minimum atomic E-state index is -0.344. The van der Waals surface area contributed by atoms with Crippen LogP contribution in [0.2, 0.25) is 0 Å². The molecule has 0 saturated heterocycles. The van der Waals surface area contributed by atoms with Gasteiger partial charge in [-0.3, -0.25) is 4.98 Å². The topological polar surface area (TPSA) is 45.1 Å². The number of aliphatic hydroxyl groups is 1. The normalized spacial score (nSPS) is 13.9. The molecule has 0 aliphatic heterocycles. The average Bonchev–Trinajstić information content (AvgIpc) is 2.47. The lowest BCUT2D eigenvalue weighted by molar-refractivity contribution is 0.265. The van der Waals surface area contributed by atoms with Crippen LogP contribution in [-0.2, 0) is 0 Å². The molecule has 20 heavy (non-hydrogen) atoms. The van der Waals surface area contributed by atoms with Gasteiger partial charge in [-0.25, -0.2) is 4.39 Å². The molecule has 0 bridgehead atoms. The van der Waals surface area contributed by atoms with Crippen molar-refractivity contribution in [1.29, 1.82) is 0 Å². The van der Waals surface area contributed by atoms with Crippen molar-refractivity contribution in [2.24, 2.45) is 0 Å². The fraction of sp³-hybridized carbons (Fsp3) is 0.312. The van der Waals surface area contributed by atoms with Crippen molar-refractivity contribution in [1.82, 2.24) is 10.3 Å². The SMILES string of the molecule is C[C@H](CCO)N[C@@H](c1ccccc1)c1ccc(F)cn1. The van der Waals surface area contributed by atoms with Gasteiger partial charge in [0.1, 0.15) is 5.82 Å². The largest absolute Gasteiger partial charge is 0.396 e. The number of pyridine rings is 1. The fourth-order valence-electron chi connectivity index (χ4n) is 2.12. The number of hydrogen-bond acceptors (Lipinski definition) is 3. The Balaban J connectivity index is 2.26. The summed E-state index contributed by atoms with van der Waals surface area (Å²) in [6, 6.07) is 13.0. The van der Waals surface area contributed by atoms with Crippen LogP contribution in [-0.4, -0.2) is 22.7 Å². The van der Waals surface area contributed by atoms with Crippen molar-refractivity contribution in [2.75, 3.05) is 6.61 Å². The summed E-state index contributed by atoms with van der Waals surface area (Å²) in [6.07, 6.45) is 1.88. The van der Waals surface area contributed by atoms with Gasteiger partial charge in [0.05, 0.1) is 17.9 Å². The molecule has 0 spiro atoms. The van der Waals surface area contributed by atoms with Gasteiger partial charge < -0.3 is 10.4 Å². The van der Waals surface area contributed by atoms with E-state index < -0.39 is 0 Å². The summed E-state index contributed by atoms with van der Waals surface area (Å²) >= 11 is 0. The summed E-state index contributed by atoms with van der Waals surface area (Å²) in [6.45, 7) is 2.14. The summed E-state index contributed by atoms with van der Waals surface area (Å²) in [7, 11) is 0. The van der Waals surface area contributed by atoms with Crippen LogP contribution >= 0.6 is 0 Å². The maximum atomic E-state index is 13.0. The molecule has 2 rings (SSSR count). The van der Waals surface area contributed by atoms with E-state index in [1.807, 2.05) is 37.3 Å².